The van der Waals surface area contributed by atoms with E-state index in [-0.39, 0.29) is 11.7 Å². The number of hydrogen-bond donors (Lipinski definition) is 3. The lowest BCUT2D eigenvalue weighted by Crippen LogP contribution is -2.39. The first kappa shape index (κ1) is 18.6. The Morgan fingerprint density at radius 3 is 2.40 bits per heavy atom. The quantitative estimate of drug-likeness (QED) is 0.602. The Labute approximate surface area is 122 Å². The summed E-state index contributed by atoms with van der Waals surface area (Å²) in [5.41, 5.74) is -0.538. The predicted molar refractivity (Wildman–Crippen MR) is 76.8 cm³/mol. The van der Waals surface area contributed by atoms with Crippen molar-refractivity contribution in [2.45, 2.75) is 39.3 Å². The normalized spacial score (nSPS) is 12.4. The van der Waals surface area contributed by atoms with E-state index in [0.717, 1.165) is 0 Å². The maximum absolute atomic E-state index is 11.3. The summed E-state index contributed by atoms with van der Waals surface area (Å²) in [5, 5.41) is 13.5. The average Bonchev–Trinajstić information content (AvgIpc) is 2.25. The van der Waals surface area contributed by atoms with Crippen LogP contribution in [0.5, 0.6) is 0 Å². The molecule has 3 N–H and O–H groups in total. The van der Waals surface area contributed by atoms with Crippen LogP contribution in [0.2, 0.25) is 0 Å². The molecule has 0 radical (unpaired) electrons. The maximum atomic E-state index is 11.3. The lowest BCUT2D eigenvalue weighted by molar-refractivity contribution is -0.140. The van der Waals surface area contributed by atoms with Crippen LogP contribution in [0.4, 0.5) is 4.79 Å². The zero-order valence-corrected chi connectivity index (χ0v) is 13.0. The van der Waals surface area contributed by atoms with Crippen LogP contribution >= 0.6 is 11.8 Å². The lowest BCUT2D eigenvalue weighted by Gasteiger charge is -2.19. The van der Waals surface area contributed by atoms with Crippen molar-refractivity contribution in [3.63, 3.8) is 0 Å². The topological polar surface area (TPSA) is 105 Å². The molecule has 0 aromatic carbocycles. The van der Waals surface area contributed by atoms with Crippen molar-refractivity contribution in [3.8, 4) is 0 Å². The van der Waals surface area contributed by atoms with E-state index in [4.69, 9.17) is 9.84 Å². The second kappa shape index (κ2) is 8.68. The van der Waals surface area contributed by atoms with Gasteiger partial charge in [0, 0.05) is 12.3 Å². The number of carboxylic acids is 1. The first-order valence-corrected chi connectivity index (χ1v) is 7.34. The largest absolute Gasteiger partial charge is 0.480 e. The van der Waals surface area contributed by atoms with Gasteiger partial charge in [-0.05, 0) is 27.7 Å². The summed E-state index contributed by atoms with van der Waals surface area (Å²) in [5.74, 6) is -0.737. The molecule has 0 aliphatic carbocycles. The minimum absolute atomic E-state index is 0.146. The second-order valence-corrected chi connectivity index (χ2v) is 6.21. The van der Waals surface area contributed by atoms with Gasteiger partial charge >= 0.3 is 12.1 Å². The fourth-order valence-electron chi connectivity index (χ4n) is 1.05. The van der Waals surface area contributed by atoms with E-state index in [1.165, 1.54) is 18.7 Å². The Kier molecular flexibility index (Phi) is 8.05. The van der Waals surface area contributed by atoms with Crippen LogP contribution in [-0.2, 0) is 14.3 Å². The third kappa shape index (κ3) is 10.5. The van der Waals surface area contributed by atoms with E-state index in [0.29, 0.717) is 12.3 Å². The molecule has 1 unspecified atom stereocenters. The van der Waals surface area contributed by atoms with Crippen LogP contribution in [0.15, 0.2) is 0 Å². The van der Waals surface area contributed by atoms with Crippen molar-refractivity contribution in [3.05, 3.63) is 0 Å². The zero-order valence-electron chi connectivity index (χ0n) is 12.2. The Balaban J connectivity index is 3.65. The van der Waals surface area contributed by atoms with E-state index in [2.05, 4.69) is 10.6 Å². The molecule has 2 amide bonds. The third-order valence-electron chi connectivity index (χ3n) is 1.90. The van der Waals surface area contributed by atoms with Gasteiger partial charge in [0.05, 0.1) is 5.75 Å². The van der Waals surface area contributed by atoms with E-state index in [1.807, 2.05) is 0 Å². The molecule has 0 bridgehead atoms. The molecule has 0 aliphatic heterocycles. The van der Waals surface area contributed by atoms with Crippen molar-refractivity contribution in [2.24, 2.45) is 0 Å². The number of carbonyl (C=O) groups excluding carboxylic acids is 2. The maximum Gasteiger partial charge on any atom is 0.407 e. The summed E-state index contributed by atoms with van der Waals surface area (Å²) >= 11 is 1.30. The highest BCUT2D eigenvalue weighted by Gasteiger charge is 2.16. The summed E-state index contributed by atoms with van der Waals surface area (Å²) in [6.45, 7) is 7.09. The first-order valence-electron chi connectivity index (χ1n) is 6.18. The summed E-state index contributed by atoms with van der Waals surface area (Å²) in [7, 11) is 0. The Morgan fingerprint density at radius 2 is 1.90 bits per heavy atom. The van der Waals surface area contributed by atoms with Crippen LogP contribution in [0.3, 0.4) is 0 Å². The Bertz CT molecular complexity index is 354. The molecule has 116 valence electrons. The van der Waals surface area contributed by atoms with Crippen molar-refractivity contribution in [2.75, 3.05) is 18.1 Å². The molecule has 1 atom stereocenters. The number of carbonyl (C=O) groups is 3. The Morgan fingerprint density at radius 1 is 1.30 bits per heavy atom. The van der Waals surface area contributed by atoms with Crippen LogP contribution in [-0.4, -0.2) is 52.8 Å². The number of carboxylic acid groups (broad SMARTS) is 1. The monoisotopic (exact) mass is 306 g/mol. The molecule has 20 heavy (non-hydrogen) atoms. The number of hydrogen-bond acceptors (Lipinski definition) is 5. The van der Waals surface area contributed by atoms with Crippen LogP contribution < -0.4 is 10.6 Å². The molecule has 0 saturated heterocycles. The minimum Gasteiger partial charge on any atom is -0.480 e. The molecule has 0 rings (SSSR count). The standard InChI is InChI=1S/C12H22N2O5S/c1-8(10(16)17)14-9(15)7-20-6-5-13-11(18)19-12(2,3)4/h8H,5-7H2,1-4H3,(H,13,18)(H,14,15)(H,16,17). The number of nitrogens with one attached hydrogen (secondary N) is 2. The molecule has 0 aromatic heterocycles. The smallest absolute Gasteiger partial charge is 0.407 e. The number of thioether (sulfide) groups is 1. The predicted octanol–water partition coefficient (Wildman–Crippen LogP) is 0.834. The zero-order chi connectivity index (χ0) is 15.8. The third-order valence-corrected chi connectivity index (χ3v) is 2.85. The Hall–Kier alpha value is -1.44. The molecule has 0 fully saturated rings. The van der Waals surface area contributed by atoms with Crippen LogP contribution in [0.25, 0.3) is 0 Å². The van der Waals surface area contributed by atoms with Crippen molar-refractivity contribution < 1.29 is 24.2 Å². The van der Waals surface area contributed by atoms with Gasteiger partial charge in [-0.15, -0.1) is 0 Å². The summed E-state index contributed by atoms with van der Waals surface area (Å²) in [4.78, 5) is 33.1. The molecule has 7 nitrogen and oxygen atoms in total. The average molecular weight is 306 g/mol. The van der Waals surface area contributed by atoms with Crippen LogP contribution in [0, 0.1) is 0 Å². The molecule has 0 aliphatic rings. The highest BCUT2D eigenvalue weighted by atomic mass is 32.2. The molecule has 0 saturated carbocycles. The highest BCUT2D eigenvalue weighted by Crippen LogP contribution is 2.06. The molecule has 0 spiro atoms. The van der Waals surface area contributed by atoms with Gasteiger partial charge in [-0.2, -0.15) is 11.8 Å². The molecule has 0 aromatic rings. The lowest BCUT2D eigenvalue weighted by atomic mass is 10.2. The fourth-order valence-corrected chi connectivity index (χ4v) is 1.71. The van der Waals surface area contributed by atoms with Gasteiger partial charge in [0.15, 0.2) is 0 Å². The number of alkyl carbamates (subject to hydrolysis) is 1. The van der Waals surface area contributed by atoms with Gasteiger partial charge in [0.2, 0.25) is 5.91 Å². The molecule has 8 heteroatoms. The number of amides is 2. The molecular formula is C12H22N2O5S. The highest BCUT2D eigenvalue weighted by molar-refractivity contribution is 7.99. The van der Waals surface area contributed by atoms with Gasteiger partial charge < -0.3 is 20.5 Å². The van der Waals surface area contributed by atoms with E-state index in [9.17, 15) is 14.4 Å². The van der Waals surface area contributed by atoms with E-state index in [1.54, 1.807) is 20.8 Å². The fraction of sp³-hybridized carbons (Fsp3) is 0.750. The number of rotatable bonds is 7. The van der Waals surface area contributed by atoms with Crippen LogP contribution in [0.1, 0.15) is 27.7 Å². The summed E-state index contributed by atoms with van der Waals surface area (Å²) in [6.07, 6.45) is -0.498. The first-order chi connectivity index (χ1) is 9.11. The number of ether oxygens (including phenoxy) is 1. The number of aliphatic carboxylic acids is 1. The van der Waals surface area contributed by atoms with Gasteiger partial charge in [0.25, 0.3) is 0 Å². The van der Waals surface area contributed by atoms with E-state index < -0.39 is 23.7 Å². The minimum atomic E-state index is -1.07. The summed E-state index contributed by atoms with van der Waals surface area (Å²) in [6, 6.07) is -0.900. The van der Waals surface area contributed by atoms with Crippen molar-refractivity contribution >= 4 is 29.7 Å². The SMILES string of the molecule is CC(NC(=O)CSCCNC(=O)OC(C)(C)C)C(=O)O. The molecule has 0 heterocycles. The van der Waals surface area contributed by atoms with Gasteiger partial charge in [0.1, 0.15) is 11.6 Å². The van der Waals surface area contributed by atoms with Gasteiger partial charge in [-0.3, -0.25) is 9.59 Å². The summed E-state index contributed by atoms with van der Waals surface area (Å²) < 4.78 is 5.04. The van der Waals surface area contributed by atoms with E-state index >= 15 is 0 Å². The van der Waals surface area contributed by atoms with Crippen molar-refractivity contribution in [1.82, 2.24) is 10.6 Å². The van der Waals surface area contributed by atoms with Gasteiger partial charge in [-0.1, -0.05) is 0 Å². The van der Waals surface area contributed by atoms with Gasteiger partial charge in [-0.25, -0.2) is 4.79 Å². The molecular weight excluding hydrogens is 284 g/mol. The second-order valence-electron chi connectivity index (χ2n) is 5.11. The van der Waals surface area contributed by atoms with Crippen molar-refractivity contribution in [1.29, 1.82) is 0 Å².